The fourth-order valence-electron chi connectivity index (χ4n) is 2.35. The number of hydrogen-bond acceptors (Lipinski definition) is 6. The minimum absolute atomic E-state index is 0.370. The highest BCUT2D eigenvalue weighted by molar-refractivity contribution is 7.17. The molecule has 3 aromatic heterocycles. The summed E-state index contributed by atoms with van der Waals surface area (Å²) in [7, 11) is 0. The van der Waals surface area contributed by atoms with Crippen molar-refractivity contribution in [1.82, 2.24) is 15.0 Å². The number of nitrogens with zero attached hydrogens (tertiary/aromatic N) is 3. The number of pyridine rings is 1. The van der Waals surface area contributed by atoms with Crippen molar-refractivity contribution in [2.24, 2.45) is 0 Å². The van der Waals surface area contributed by atoms with E-state index in [0.29, 0.717) is 17.4 Å². The van der Waals surface area contributed by atoms with Gasteiger partial charge in [0.25, 0.3) is 0 Å². The van der Waals surface area contributed by atoms with Crippen molar-refractivity contribution >= 4 is 44.7 Å². The van der Waals surface area contributed by atoms with Gasteiger partial charge in [-0.25, -0.2) is 9.97 Å². The maximum atomic E-state index is 6.34. The standard InChI is InChI=1S/C18H13ClN4OS/c19-14-9-12(23-18-17-15(6-8-25-17)21-11-22-18)4-5-16(14)24-10-13-3-1-2-7-20-13/h1-9,11H,10H2,(H,21,22,23). The predicted molar refractivity (Wildman–Crippen MR) is 101 cm³/mol. The summed E-state index contributed by atoms with van der Waals surface area (Å²) in [5, 5.41) is 5.80. The lowest BCUT2D eigenvalue weighted by atomic mass is 10.3. The van der Waals surface area contributed by atoms with Gasteiger partial charge in [0.15, 0.2) is 5.82 Å². The number of hydrogen-bond donors (Lipinski definition) is 1. The predicted octanol–water partition coefficient (Wildman–Crippen LogP) is 5.06. The summed E-state index contributed by atoms with van der Waals surface area (Å²) >= 11 is 7.94. The molecular formula is C18H13ClN4OS. The Morgan fingerprint density at radius 1 is 1.08 bits per heavy atom. The van der Waals surface area contributed by atoms with Crippen LogP contribution in [0.1, 0.15) is 5.69 Å². The van der Waals surface area contributed by atoms with Crippen molar-refractivity contribution in [2.45, 2.75) is 6.61 Å². The van der Waals surface area contributed by atoms with Crippen LogP contribution in [0.15, 0.2) is 60.4 Å². The molecule has 5 nitrogen and oxygen atoms in total. The molecule has 25 heavy (non-hydrogen) atoms. The van der Waals surface area contributed by atoms with Crippen LogP contribution < -0.4 is 10.1 Å². The van der Waals surface area contributed by atoms with E-state index in [1.807, 2.05) is 47.8 Å². The van der Waals surface area contributed by atoms with Gasteiger partial charge in [0, 0.05) is 11.9 Å². The molecule has 0 atom stereocenters. The maximum absolute atomic E-state index is 6.34. The van der Waals surface area contributed by atoms with Crippen molar-refractivity contribution in [3.05, 3.63) is 71.1 Å². The Morgan fingerprint density at radius 3 is 2.88 bits per heavy atom. The van der Waals surface area contributed by atoms with Crippen LogP contribution in [0.25, 0.3) is 10.2 Å². The number of rotatable bonds is 5. The monoisotopic (exact) mass is 368 g/mol. The highest BCUT2D eigenvalue weighted by Crippen LogP contribution is 2.32. The van der Waals surface area contributed by atoms with Gasteiger partial charge in [0.2, 0.25) is 0 Å². The molecule has 7 heteroatoms. The van der Waals surface area contributed by atoms with Gasteiger partial charge in [0.1, 0.15) is 18.7 Å². The summed E-state index contributed by atoms with van der Waals surface area (Å²) in [6, 6.07) is 13.2. The zero-order valence-corrected chi connectivity index (χ0v) is 14.6. The number of aromatic nitrogens is 3. The molecule has 3 heterocycles. The summed E-state index contributed by atoms with van der Waals surface area (Å²) in [4.78, 5) is 12.8. The molecule has 124 valence electrons. The van der Waals surface area contributed by atoms with Crippen molar-refractivity contribution in [1.29, 1.82) is 0 Å². The van der Waals surface area contributed by atoms with Crippen molar-refractivity contribution < 1.29 is 4.74 Å². The van der Waals surface area contributed by atoms with Gasteiger partial charge in [-0.05, 0) is 41.8 Å². The van der Waals surface area contributed by atoms with E-state index in [4.69, 9.17) is 16.3 Å². The second-order valence-corrected chi connectivity index (χ2v) is 6.56. The summed E-state index contributed by atoms with van der Waals surface area (Å²) < 4.78 is 6.75. The van der Waals surface area contributed by atoms with E-state index in [-0.39, 0.29) is 0 Å². The van der Waals surface area contributed by atoms with Gasteiger partial charge >= 0.3 is 0 Å². The quantitative estimate of drug-likeness (QED) is 0.533. The summed E-state index contributed by atoms with van der Waals surface area (Å²) in [6.07, 6.45) is 3.28. The first-order valence-corrected chi connectivity index (χ1v) is 8.83. The van der Waals surface area contributed by atoms with Gasteiger partial charge < -0.3 is 10.1 Å². The van der Waals surface area contributed by atoms with Crippen LogP contribution in [-0.2, 0) is 6.61 Å². The van der Waals surface area contributed by atoms with Crippen LogP contribution in [0.2, 0.25) is 5.02 Å². The molecule has 0 bridgehead atoms. The zero-order chi connectivity index (χ0) is 17.1. The fourth-order valence-corrected chi connectivity index (χ4v) is 3.37. The van der Waals surface area contributed by atoms with Crippen LogP contribution in [0.4, 0.5) is 11.5 Å². The molecule has 0 aliphatic carbocycles. The summed E-state index contributed by atoms with van der Waals surface area (Å²) in [5.41, 5.74) is 2.61. The normalized spacial score (nSPS) is 10.8. The van der Waals surface area contributed by atoms with E-state index < -0.39 is 0 Å². The van der Waals surface area contributed by atoms with Crippen LogP contribution in [0.5, 0.6) is 5.75 Å². The number of anilines is 2. The Kier molecular flexibility index (Phi) is 4.45. The van der Waals surface area contributed by atoms with Crippen molar-refractivity contribution in [3.63, 3.8) is 0 Å². The average Bonchev–Trinajstić information content (AvgIpc) is 3.12. The van der Waals surface area contributed by atoms with E-state index in [0.717, 1.165) is 27.4 Å². The molecule has 0 radical (unpaired) electrons. The highest BCUT2D eigenvalue weighted by atomic mass is 35.5. The SMILES string of the molecule is Clc1cc(Nc2ncnc3ccsc23)ccc1OCc1ccccn1. The first-order valence-electron chi connectivity index (χ1n) is 7.57. The van der Waals surface area contributed by atoms with Gasteiger partial charge in [-0.1, -0.05) is 17.7 Å². The van der Waals surface area contributed by atoms with E-state index in [2.05, 4.69) is 20.3 Å². The van der Waals surface area contributed by atoms with Crippen LogP contribution in [0.3, 0.4) is 0 Å². The lowest BCUT2D eigenvalue weighted by molar-refractivity contribution is 0.301. The first-order chi connectivity index (χ1) is 12.3. The van der Waals surface area contributed by atoms with Crippen molar-refractivity contribution in [3.8, 4) is 5.75 Å². The Hall–Kier alpha value is -2.70. The maximum Gasteiger partial charge on any atom is 0.151 e. The molecule has 4 aromatic rings. The molecule has 0 unspecified atom stereocenters. The number of halogens is 1. The Labute approximate surface area is 153 Å². The minimum Gasteiger partial charge on any atom is -0.486 e. The molecule has 0 spiro atoms. The second kappa shape index (κ2) is 7.04. The van der Waals surface area contributed by atoms with E-state index in [1.54, 1.807) is 23.9 Å². The third kappa shape index (κ3) is 3.55. The Morgan fingerprint density at radius 2 is 2.04 bits per heavy atom. The smallest absolute Gasteiger partial charge is 0.151 e. The first kappa shape index (κ1) is 15.8. The minimum atomic E-state index is 0.370. The molecule has 0 saturated heterocycles. The number of fused-ring (bicyclic) bond motifs is 1. The number of nitrogens with one attached hydrogen (secondary N) is 1. The highest BCUT2D eigenvalue weighted by Gasteiger charge is 2.08. The van der Waals surface area contributed by atoms with E-state index in [1.165, 1.54) is 0 Å². The molecule has 0 aliphatic rings. The molecular weight excluding hydrogens is 356 g/mol. The second-order valence-electron chi connectivity index (χ2n) is 5.24. The summed E-state index contributed by atoms with van der Waals surface area (Å²) in [5.74, 6) is 1.38. The third-order valence-electron chi connectivity index (χ3n) is 3.54. The average molecular weight is 369 g/mol. The zero-order valence-electron chi connectivity index (χ0n) is 13.0. The van der Waals surface area contributed by atoms with Crippen molar-refractivity contribution in [2.75, 3.05) is 5.32 Å². The molecule has 0 amide bonds. The van der Waals surface area contributed by atoms with E-state index in [9.17, 15) is 0 Å². The van der Waals surface area contributed by atoms with Crippen LogP contribution in [0, 0.1) is 0 Å². The summed E-state index contributed by atoms with van der Waals surface area (Å²) in [6.45, 7) is 0.370. The lowest BCUT2D eigenvalue weighted by Crippen LogP contribution is -1.99. The topological polar surface area (TPSA) is 59.9 Å². The van der Waals surface area contributed by atoms with E-state index >= 15 is 0 Å². The van der Waals surface area contributed by atoms with Gasteiger partial charge in [-0.15, -0.1) is 11.3 Å². The van der Waals surface area contributed by atoms with Gasteiger partial charge in [-0.3, -0.25) is 4.98 Å². The van der Waals surface area contributed by atoms with Crippen LogP contribution >= 0.6 is 22.9 Å². The lowest BCUT2D eigenvalue weighted by Gasteiger charge is -2.11. The number of ether oxygens (including phenoxy) is 1. The molecule has 4 rings (SSSR count). The fraction of sp³-hybridized carbons (Fsp3) is 0.0556. The Bertz CT molecular complexity index is 1010. The Balaban J connectivity index is 1.51. The molecule has 1 N–H and O–H groups in total. The third-order valence-corrected chi connectivity index (χ3v) is 4.75. The number of thiophene rings is 1. The largest absolute Gasteiger partial charge is 0.486 e. The molecule has 0 saturated carbocycles. The molecule has 0 fully saturated rings. The molecule has 0 aliphatic heterocycles. The molecule has 1 aromatic carbocycles. The van der Waals surface area contributed by atoms with Gasteiger partial charge in [-0.2, -0.15) is 0 Å². The van der Waals surface area contributed by atoms with Crippen LogP contribution in [-0.4, -0.2) is 15.0 Å². The van der Waals surface area contributed by atoms with Gasteiger partial charge in [0.05, 0.1) is 20.9 Å². The number of benzene rings is 1.